The summed E-state index contributed by atoms with van der Waals surface area (Å²) in [4.78, 5) is 4.23. The molecule has 0 atom stereocenters. The number of nitrogens with zero attached hydrogens (tertiary/aromatic N) is 2. The summed E-state index contributed by atoms with van der Waals surface area (Å²) in [6.07, 6.45) is -1.56. The summed E-state index contributed by atoms with van der Waals surface area (Å²) in [5.41, 5.74) is 2.04. The molecule has 0 aliphatic carbocycles. The maximum atomic E-state index is 12.2. The van der Waals surface area contributed by atoms with Crippen LogP contribution in [0.5, 0.6) is 11.5 Å². The van der Waals surface area contributed by atoms with Crippen LogP contribution in [0.3, 0.4) is 0 Å². The molecule has 0 unspecified atom stereocenters. The molecule has 5 nitrogen and oxygen atoms in total. The van der Waals surface area contributed by atoms with E-state index in [0.29, 0.717) is 17.0 Å². The fourth-order valence-electron chi connectivity index (χ4n) is 2.02. The van der Waals surface area contributed by atoms with E-state index in [1.165, 1.54) is 24.4 Å². The highest BCUT2D eigenvalue weighted by Crippen LogP contribution is 2.24. The van der Waals surface area contributed by atoms with Crippen molar-refractivity contribution >= 4 is 0 Å². The van der Waals surface area contributed by atoms with Gasteiger partial charge in [-0.25, -0.2) is 0 Å². The van der Waals surface area contributed by atoms with Gasteiger partial charge in [0.2, 0.25) is 0 Å². The Morgan fingerprint density at radius 1 is 1.04 bits per heavy atom. The summed E-state index contributed by atoms with van der Waals surface area (Å²) < 4.78 is 46.0. The van der Waals surface area contributed by atoms with E-state index in [0.717, 1.165) is 5.69 Å². The topological polar surface area (TPSA) is 60.0 Å². The zero-order chi connectivity index (χ0) is 17.0. The number of hydrogen-bond acceptors (Lipinski definition) is 4. The van der Waals surface area contributed by atoms with Crippen molar-refractivity contribution in [3.8, 4) is 22.9 Å². The van der Waals surface area contributed by atoms with Crippen LogP contribution in [0, 0.1) is 0 Å². The minimum atomic E-state index is -4.72. The van der Waals surface area contributed by atoms with E-state index in [4.69, 9.17) is 4.74 Å². The highest BCUT2D eigenvalue weighted by molar-refractivity contribution is 5.53. The van der Waals surface area contributed by atoms with Crippen LogP contribution >= 0.6 is 0 Å². The molecule has 2 aromatic heterocycles. The van der Waals surface area contributed by atoms with E-state index in [1.807, 2.05) is 0 Å². The molecule has 0 radical (unpaired) electrons. The molecule has 24 heavy (non-hydrogen) atoms. The number of aromatic amines is 1. The van der Waals surface area contributed by atoms with Gasteiger partial charge >= 0.3 is 6.36 Å². The Morgan fingerprint density at radius 2 is 1.92 bits per heavy atom. The maximum Gasteiger partial charge on any atom is 0.573 e. The first kappa shape index (κ1) is 15.9. The Kier molecular flexibility index (Phi) is 4.37. The van der Waals surface area contributed by atoms with Crippen molar-refractivity contribution in [1.82, 2.24) is 15.2 Å². The molecule has 0 amide bonds. The molecule has 3 aromatic rings. The van der Waals surface area contributed by atoms with Gasteiger partial charge in [0.25, 0.3) is 0 Å². The molecule has 0 saturated carbocycles. The predicted molar refractivity (Wildman–Crippen MR) is 79.3 cm³/mol. The lowest BCUT2D eigenvalue weighted by Crippen LogP contribution is -2.17. The summed E-state index contributed by atoms with van der Waals surface area (Å²) in [5, 5.41) is 6.64. The number of nitrogens with one attached hydrogen (secondary N) is 1. The van der Waals surface area contributed by atoms with Crippen LogP contribution in [-0.4, -0.2) is 21.5 Å². The van der Waals surface area contributed by atoms with Crippen molar-refractivity contribution in [3.63, 3.8) is 0 Å². The first-order valence-electron chi connectivity index (χ1n) is 6.93. The van der Waals surface area contributed by atoms with E-state index in [1.54, 1.807) is 30.5 Å². The number of H-pyrrole nitrogens is 1. The van der Waals surface area contributed by atoms with Gasteiger partial charge in [-0.1, -0.05) is 12.1 Å². The second-order valence-corrected chi connectivity index (χ2v) is 4.83. The molecule has 0 spiro atoms. The van der Waals surface area contributed by atoms with E-state index >= 15 is 0 Å². The minimum Gasteiger partial charge on any atom is -0.487 e. The lowest BCUT2D eigenvalue weighted by Gasteiger charge is -2.11. The normalized spacial score (nSPS) is 11.3. The van der Waals surface area contributed by atoms with E-state index in [9.17, 15) is 13.2 Å². The smallest absolute Gasteiger partial charge is 0.487 e. The minimum absolute atomic E-state index is 0.0974. The van der Waals surface area contributed by atoms with Crippen LogP contribution in [0.25, 0.3) is 11.4 Å². The molecule has 124 valence electrons. The van der Waals surface area contributed by atoms with Gasteiger partial charge in [0, 0.05) is 6.20 Å². The van der Waals surface area contributed by atoms with Crippen molar-refractivity contribution in [3.05, 3.63) is 60.4 Å². The number of pyridine rings is 1. The SMILES string of the molecule is FC(F)(F)Oc1cccc(COc2ccc(-c3ccn[nH]3)nc2)c1. The number of ether oxygens (including phenoxy) is 2. The Bertz CT molecular complexity index is 787. The fraction of sp³-hybridized carbons (Fsp3) is 0.125. The molecular weight excluding hydrogens is 323 g/mol. The Hall–Kier alpha value is -3.03. The summed E-state index contributed by atoms with van der Waals surface area (Å²) in [7, 11) is 0. The van der Waals surface area contributed by atoms with Gasteiger partial charge in [-0.15, -0.1) is 13.2 Å². The van der Waals surface area contributed by atoms with E-state index < -0.39 is 6.36 Å². The first-order valence-corrected chi connectivity index (χ1v) is 6.93. The molecule has 2 heterocycles. The average Bonchev–Trinajstić information content (AvgIpc) is 3.07. The quantitative estimate of drug-likeness (QED) is 0.767. The Labute approximate surface area is 135 Å². The van der Waals surface area contributed by atoms with E-state index in [-0.39, 0.29) is 12.4 Å². The molecule has 0 bridgehead atoms. The summed E-state index contributed by atoms with van der Waals surface area (Å²) in [6, 6.07) is 10.9. The van der Waals surface area contributed by atoms with Crippen LogP contribution in [0.4, 0.5) is 13.2 Å². The molecule has 1 N–H and O–H groups in total. The van der Waals surface area contributed by atoms with Crippen molar-refractivity contribution < 1.29 is 22.6 Å². The van der Waals surface area contributed by atoms with Crippen LogP contribution in [0.1, 0.15) is 5.56 Å². The van der Waals surface area contributed by atoms with Crippen molar-refractivity contribution in [1.29, 1.82) is 0 Å². The fourth-order valence-corrected chi connectivity index (χ4v) is 2.02. The van der Waals surface area contributed by atoms with E-state index in [2.05, 4.69) is 19.9 Å². The number of benzene rings is 1. The lowest BCUT2D eigenvalue weighted by molar-refractivity contribution is -0.274. The largest absolute Gasteiger partial charge is 0.573 e. The average molecular weight is 335 g/mol. The number of aromatic nitrogens is 3. The van der Waals surface area contributed by atoms with Crippen molar-refractivity contribution in [2.24, 2.45) is 0 Å². The van der Waals surface area contributed by atoms with Gasteiger partial charge in [-0.2, -0.15) is 5.10 Å². The van der Waals surface area contributed by atoms with Gasteiger partial charge in [-0.3, -0.25) is 10.1 Å². The second kappa shape index (κ2) is 6.61. The third-order valence-corrected chi connectivity index (χ3v) is 3.05. The van der Waals surface area contributed by atoms with Gasteiger partial charge < -0.3 is 9.47 Å². The highest BCUT2D eigenvalue weighted by Gasteiger charge is 2.31. The number of rotatable bonds is 5. The zero-order valence-corrected chi connectivity index (χ0v) is 12.2. The van der Waals surface area contributed by atoms with Gasteiger partial charge in [0.15, 0.2) is 0 Å². The third kappa shape index (κ3) is 4.25. The van der Waals surface area contributed by atoms with Crippen LogP contribution in [-0.2, 0) is 6.61 Å². The molecule has 0 fully saturated rings. The molecule has 0 aliphatic heterocycles. The van der Waals surface area contributed by atoms with Gasteiger partial charge in [0.05, 0.1) is 17.6 Å². The Morgan fingerprint density at radius 3 is 2.58 bits per heavy atom. The van der Waals surface area contributed by atoms with Crippen LogP contribution < -0.4 is 9.47 Å². The molecule has 1 aromatic carbocycles. The number of alkyl halides is 3. The van der Waals surface area contributed by atoms with Crippen molar-refractivity contribution in [2.45, 2.75) is 13.0 Å². The molecule has 3 rings (SSSR count). The highest BCUT2D eigenvalue weighted by atomic mass is 19.4. The summed E-state index contributed by atoms with van der Waals surface area (Å²) in [6.45, 7) is 0.0974. The van der Waals surface area contributed by atoms with Crippen LogP contribution in [0.2, 0.25) is 0 Å². The Balaban J connectivity index is 1.62. The van der Waals surface area contributed by atoms with Gasteiger partial charge in [-0.05, 0) is 35.9 Å². The van der Waals surface area contributed by atoms with Gasteiger partial charge in [0.1, 0.15) is 18.1 Å². The maximum absolute atomic E-state index is 12.2. The molecule has 8 heteroatoms. The standard InChI is InChI=1S/C16H12F3N3O2/c17-16(18,19)24-12-3-1-2-11(8-12)10-23-13-4-5-14(20-9-13)15-6-7-21-22-15/h1-9H,10H2,(H,21,22). The summed E-state index contributed by atoms with van der Waals surface area (Å²) in [5.74, 6) is 0.219. The zero-order valence-electron chi connectivity index (χ0n) is 12.2. The predicted octanol–water partition coefficient (Wildman–Crippen LogP) is 3.95. The van der Waals surface area contributed by atoms with Crippen molar-refractivity contribution in [2.75, 3.05) is 0 Å². The molecule has 0 aliphatic rings. The second-order valence-electron chi connectivity index (χ2n) is 4.83. The molecule has 0 saturated heterocycles. The monoisotopic (exact) mass is 335 g/mol. The summed E-state index contributed by atoms with van der Waals surface area (Å²) >= 11 is 0. The molecular formula is C16H12F3N3O2. The third-order valence-electron chi connectivity index (χ3n) is 3.05. The van der Waals surface area contributed by atoms with Crippen LogP contribution in [0.15, 0.2) is 54.9 Å². The number of halogens is 3. The number of hydrogen-bond donors (Lipinski definition) is 1. The lowest BCUT2D eigenvalue weighted by atomic mass is 10.2. The first-order chi connectivity index (χ1) is 11.5.